The Balaban J connectivity index is 1.62. The number of methoxy groups -OCH3 is 2. The van der Waals surface area contributed by atoms with Crippen LogP contribution in [0, 0.1) is 17.8 Å². The van der Waals surface area contributed by atoms with Crippen molar-refractivity contribution in [3.63, 3.8) is 0 Å². The van der Waals surface area contributed by atoms with Crippen molar-refractivity contribution in [2.75, 3.05) is 28.3 Å². The average Bonchev–Trinajstić information content (AvgIpc) is 3.29. The number of Topliss-reactive ketones (excluding diaryl/α,β-unsaturated/α-hetero) is 1. The Morgan fingerprint density at radius 3 is 1.87 bits per heavy atom. The van der Waals surface area contributed by atoms with Crippen LogP contribution in [0.3, 0.4) is 0 Å². The number of aliphatic hydroxyl groups is 1. The first-order valence-electron chi connectivity index (χ1n) is 23.6. The molecular weight excluding hydrogens is 863 g/mol. The Hall–Kier alpha value is -4.06. The Morgan fingerprint density at radius 1 is 0.776 bits per heavy atom. The smallest absolute Gasteiger partial charge is 0.338 e. The van der Waals surface area contributed by atoms with Gasteiger partial charge in [-0.15, -0.1) is 0 Å². The van der Waals surface area contributed by atoms with Crippen LogP contribution >= 0.6 is 0 Å². The summed E-state index contributed by atoms with van der Waals surface area (Å²) in [5, 5.41) is 11.8. The minimum absolute atomic E-state index is 0.0752. The molecule has 2 aromatic carbocycles. The SMILES string of the molecule is CC[C@H]1OC(=O)[C@H](C)[C@@H](O[C@H]2C[C@@](C)(OC)[C@@H](OC(=O)c3ccccc3)[C@H](C)O2)[C@H](C)[C@@H](O[C@@H]2O[C@H](C)C[C@H](N(C)C)[C@H]2OC(=O)c2ccccc2)[C@](C)(OC)C[C@@H](C)C(=O)/C(C)=C\[C@]1(C)O. The van der Waals surface area contributed by atoms with Crippen LogP contribution in [0.1, 0.15) is 116 Å². The summed E-state index contributed by atoms with van der Waals surface area (Å²) in [6.45, 7) is 17.6. The van der Waals surface area contributed by atoms with E-state index in [1.165, 1.54) is 27.2 Å². The molecule has 0 aromatic heterocycles. The zero-order valence-corrected chi connectivity index (χ0v) is 41.9. The van der Waals surface area contributed by atoms with Gasteiger partial charge in [-0.1, -0.05) is 57.2 Å². The predicted molar refractivity (Wildman–Crippen MR) is 249 cm³/mol. The largest absolute Gasteiger partial charge is 0.459 e. The van der Waals surface area contributed by atoms with Crippen molar-refractivity contribution in [2.24, 2.45) is 17.8 Å². The topological polar surface area (TPSA) is 175 Å². The molecule has 5 rings (SSSR count). The molecule has 0 aliphatic carbocycles. The fourth-order valence-electron chi connectivity index (χ4n) is 10.1. The Morgan fingerprint density at radius 2 is 1.33 bits per heavy atom. The molecule has 0 amide bonds. The first kappa shape index (κ1) is 53.9. The lowest BCUT2D eigenvalue weighted by molar-refractivity contribution is -0.318. The van der Waals surface area contributed by atoms with Crippen LogP contribution in [0.2, 0.25) is 0 Å². The molecule has 2 aromatic rings. The lowest BCUT2D eigenvalue weighted by Gasteiger charge is -2.50. The van der Waals surface area contributed by atoms with E-state index in [0.717, 1.165) is 0 Å². The number of esters is 3. The van der Waals surface area contributed by atoms with Crippen molar-refractivity contribution in [1.29, 1.82) is 0 Å². The van der Waals surface area contributed by atoms with Crippen molar-refractivity contribution in [1.82, 2.24) is 4.90 Å². The predicted octanol–water partition coefficient (Wildman–Crippen LogP) is 7.12. The van der Waals surface area contributed by atoms with Gasteiger partial charge in [-0.25, -0.2) is 9.59 Å². The van der Waals surface area contributed by atoms with E-state index in [-0.39, 0.29) is 37.2 Å². The van der Waals surface area contributed by atoms with E-state index in [4.69, 9.17) is 42.6 Å². The second-order valence-electron chi connectivity index (χ2n) is 19.7. The molecule has 1 N–H and O–H groups in total. The Labute approximate surface area is 397 Å². The molecule has 0 spiro atoms. The zero-order chi connectivity index (χ0) is 49.6. The Kier molecular flexibility index (Phi) is 18.2. The lowest BCUT2D eigenvalue weighted by atomic mass is 9.76. The Bertz CT molecular complexity index is 2010. The molecule has 0 saturated carbocycles. The van der Waals surface area contributed by atoms with Crippen LogP contribution in [0.4, 0.5) is 0 Å². The van der Waals surface area contributed by atoms with Crippen LogP contribution in [0.15, 0.2) is 72.3 Å². The normalized spacial score (nSPS) is 38.8. The highest BCUT2D eigenvalue weighted by Gasteiger charge is 2.54. The molecule has 67 heavy (non-hydrogen) atoms. The molecule has 0 bridgehead atoms. The maximum atomic E-state index is 14.6. The molecule has 15 nitrogen and oxygen atoms in total. The number of likely N-dealkylation sites (N-methyl/N-ethyl adjacent to an activating group) is 1. The van der Waals surface area contributed by atoms with Crippen LogP contribution < -0.4 is 0 Å². The molecule has 15 heteroatoms. The summed E-state index contributed by atoms with van der Waals surface area (Å²) in [5.41, 5.74) is -3.10. The number of hydrogen-bond acceptors (Lipinski definition) is 15. The van der Waals surface area contributed by atoms with Gasteiger partial charge >= 0.3 is 17.9 Å². The number of hydrogen-bond donors (Lipinski definition) is 1. The van der Waals surface area contributed by atoms with E-state index in [1.807, 2.05) is 58.8 Å². The molecule has 2 saturated heterocycles. The third-order valence-corrected chi connectivity index (χ3v) is 14.0. The van der Waals surface area contributed by atoms with Gasteiger partial charge in [0.15, 0.2) is 30.6 Å². The highest BCUT2D eigenvalue weighted by molar-refractivity contribution is 5.96. The molecular formula is C52H75NO14. The average molecular weight is 938 g/mol. The van der Waals surface area contributed by atoms with Gasteiger partial charge < -0.3 is 52.6 Å². The quantitative estimate of drug-likeness (QED) is 0.168. The van der Waals surface area contributed by atoms with Gasteiger partial charge in [0.25, 0.3) is 0 Å². The molecule has 3 aliphatic rings. The van der Waals surface area contributed by atoms with E-state index in [2.05, 4.69) is 0 Å². The van der Waals surface area contributed by atoms with Gasteiger partial charge in [0.2, 0.25) is 0 Å². The summed E-state index contributed by atoms with van der Waals surface area (Å²) in [7, 11) is 6.86. The maximum absolute atomic E-state index is 14.6. The third-order valence-electron chi connectivity index (χ3n) is 14.0. The number of ether oxygens (including phenoxy) is 9. The first-order valence-corrected chi connectivity index (χ1v) is 23.6. The number of allylic oxidation sites excluding steroid dienone is 1. The van der Waals surface area contributed by atoms with Gasteiger partial charge in [0, 0.05) is 32.5 Å². The molecule has 0 radical (unpaired) electrons. The van der Waals surface area contributed by atoms with Crippen molar-refractivity contribution in [2.45, 2.75) is 173 Å². The summed E-state index contributed by atoms with van der Waals surface area (Å²) < 4.78 is 58.4. The summed E-state index contributed by atoms with van der Waals surface area (Å²) in [6.07, 6.45) is -5.80. The molecule has 2 fully saturated rings. The summed E-state index contributed by atoms with van der Waals surface area (Å²) in [6, 6.07) is 17.0. The molecule has 3 heterocycles. The summed E-state index contributed by atoms with van der Waals surface area (Å²) in [5.74, 6) is -4.51. The van der Waals surface area contributed by atoms with E-state index >= 15 is 0 Å². The van der Waals surface area contributed by atoms with Crippen molar-refractivity contribution in [3.8, 4) is 0 Å². The molecule has 372 valence electrons. The van der Waals surface area contributed by atoms with E-state index in [0.29, 0.717) is 23.1 Å². The van der Waals surface area contributed by atoms with E-state index < -0.39 is 102 Å². The third kappa shape index (κ3) is 12.6. The number of ketones is 1. The molecule has 3 aliphatic heterocycles. The number of cyclic esters (lactones) is 1. The standard InChI is InChI=1S/C52H75NO14/c1-15-39-50(8,58)27-30(2)41(54)31(3)28-51(9,59-13)44(67-49-43(38(53(11)12)26-32(4)61-49)65-47(56)36-22-18-16-19-23-36)33(5)42(34(6)46(55)63-39)64-40-29-52(10,60-14)45(35(7)62-40)66-48(57)37-24-20-17-21-25-37/h16-25,27,31-35,38-40,42-45,49,58H,15,26,28-29H2,1-14H3/b30-27-/t31-,32-,33+,34-,35+,38+,39-,40+,42+,43-,44-,45+,49+,50+,51-,52-/m1/s1. The second-order valence-corrected chi connectivity index (χ2v) is 19.7. The number of benzene rings is 2. The first-order chi connectivity index (χ1) is 31.5. The second kappa shape index (κ2) is 22.6. The molecule has 16 atom stereocenters. The minimum Gasteiger partial charge on any atom is -0.459 e. The number of carbonyl (C=O) groups is 4. The number of carbonyl (C=O) groups excluding carboxylic acids is 4. The summed E-state index contributed by atoms with van der Waals surface area (Å²) in [4.78, 5) is 58.0. The van der Waals surface area contributed by atoms with Gasteiger partial charge in [-0.05, 0) is 118 Å². The van der Waals surface area contributed by atoms with Gasteiger partial charge in [0.05, 0.1) is 53.1 Å². The van der Waals surface area contributed by atoms with Crippen LogP contribution in [0.25, 0.3) is 0 Å². The van der Waals surface area contributed by atoms with Crippen molar-refractivity contribution < 1.29 is 66.9 Å². The minimum atomic E-state index is -1.70. The highest BCUT2D eigenvalue weighted by atomic mass is 16.7. The fraction of sp³-hybridized carbons (Fsp3) is 0.654. The van der Waals surface area contributed by atoms with Gasteiger partial charge in [-0.3, -0.25) is 9.59 Å². The molecule has 0 unspecified atom stereocenters. The van der Waals surface area contributed by atoms with E-state index in [9.17, 15) is 24.3 Å². The zero-order valence-electron chi connectivity index (χ0n) is 41.9. The number of rotatable bonds is 12. The summed E-state index contributed by atoms with van der Waals surface area (Å²) >= 11 is 0. The van der Waals surface area contributed by atoms with Crippen LogP contribution in [0.5, 0.6) is 0 Å². The van der Waals surface area contributed by atoms with Gasteiger partial charge in [0.1, 0.15) is 17.3 Å². The lowest BCUT2D eigenvalue weighted by Crippen LogP contribution is -2.61. The number of nitrogens with zero attached hydrogens (tertiary/aromatic N) is 1. The fourth-order valence-corrected chi connectivity index (χ4v) is 10.1. The van der Waals surface area contributed by atoms with Crippen molar-refractivity contribution in [3.05, 3.63) is 83.4 Å². The van der Waals surface area contributed by atoms with Gasteiger partial charge in [-0.2, -0.15) is 0 Å². The maximum Gasteiger partial charge on any atom is 0.338 e. The van der Waals surface area contributed by atoms with Crippen molar-refractivity contribution >= 4 is 23.7 Å². The van der Waals surface area contributed by atoms with Crippen LogP contribution in [-0.4, -0.2) is 140 Å². The highest BCUT2D eigenvalue weighted by Crippen LogP contribution is 2.42. The van der Waals surface area contributed by atoms with E-state index in [1.54, 1.807) is 83.1 Å². The van der Waals surface area contributed by atoms with Crippen LogP contribution in [-0.2, 0) is 52.2 Å². The monoisotopic (exact) mass is 938 g/mol.